The number of nitrogens with two attached hydrogens (primary N) is 2. The molecule has 1 aromatic carbocycles. The number of carbonyl (C=O) groups excluding carboxylic acids is 1. The fourth-order valence-corrected chi connectivity index (χ4v) is 2.20. The van der Waals surface area contributed by atoms with Crippen LogP contribution in [-0.2, 0) is 21.2 Å². The Labute approximate surface area is 88.0 Å². The van der Waals surface area contributed by atoms with Crippen molar-refractivity contribution in [2.24, 2.45) is 11.5 Å². The molecule has 4 N–H and O–H groups in total. The number of sulfone groups is 1. The van der Waals surface area contributed by atoms with Crippen molar-refractivity contribution in [3.05, 3.63) is 29.8 Å². The summed E-state index contributed by atoms with van der Waals surface area (Å²) in [4.78, 5) is 10.6. The van der Waals surface area contributed by atoms with Crippen molar-refractivity contribution in [2.75, 3.05) is 5.75 Å². The van der Waals surface area contributed by atoms with Crippen molar-refractivity contribution in [3.8, 4) is 0 Å². The Morgan fingerprint density at radius 3 is 2.13 bits per heavy atom. The Bertz CT molecular complexity index is 451. The molecule has 1 aromatic rings. The molecule has 1 amide bonds. The molecule has 0 atom stereocenters. The van der Waals surface area contributed by atoms with E-state index in [9.17, 15) is 13.2 Å². The molecule has 5 nitrogen and oxygen atoms in total. The van der Waals surface area contributed by atoms with E-state index in [0.29, 0.717) is 6.54 Å². The molecular weight excluding hydrogens is 216 g/mol. The lowest BCUT2D eigenvalue weighted by Gasteiger charge is -2.02. The van der Waals surface area contributed by atoms with Gasteiger partial charge in [0.15, 0.2) is 9.84 Å². The lowest BCUT2D eigenvalue weighted by molar-refractivity contribution is -0.115. The quantitative estimate of drug-likeness (QED) is 0.718. The normalized spacial score (nSPS) is 11.3. The van der Waals surface area contributed by atoms with Crippen LogP contribution in [0.15, 0.2) is 29.2 Å². The SMILES string of the molecule is NCc1ccc(S(=O)(=O)CC(N)=O)cc1. The van der Waals surface area contributed by atoms with E-state index < -0.39 is 21.5 Å². The third-order valence-corrected chi connectivity index (χ3v) is 3.51. The zero-order valence-corrected chi connectivity index (χ0v) is 8.83. The van der Waals surface area contributed by atoms with E-state index in [1.807, 2.05) is 0 Å². The van der Waals surface area contributed by atoms with Crippen molar-refractivity contribution >= 4 is 15.7 Å². The smallest absolute Gasteiger partial charge is 0.233 e. The van der Waals surface area contributed by atoms with Gasteiger partial charge >= 0.3 is 0 Å². The molecule has 0 aliphatic carbocycles. The van der Waals surface area contributed by atoms with E-state index in [-0.39, 0.29) is 4.90 Å². The van der Waals surface area contributed by atoms with Gasteiger partial charge in [0.1, 0.15) is 5.75 Å². The maximum absolute atomic E-state index is 11.5. The summed E-state index contributed by atoms with van der Waals surface area (Å²) < 4.78 is 23.0. The van der Waals surface area contributed by atoms with Crippen LogP contribution in [0.5, 0.6) is 0 Å². The Morgan fingerprint density at radius 1 is 1.20 bits per heavy atom. The van der Waals surface area contributed by atoms with Gasteiger partial charge in [-0.05, 0) is 17.7 Å². The van der Waals surface area contributed by atoms with Gasteiger partial charge in [-0.25, -0.2) is 8.42 Å². The minimum absolute atomic E-state index is 0.0819. The Balaban J connectivity index is 3.01. The van der Waals surface area contributed by atoms with Crippen molar-refractivity contribution in [2.45, 2.75) is 11.4 Å². The van der Waals surface area contributed by atoms with Gasteiger partial charge in [-0.1, -0.05) is 12.1 Å². The molecule has 0 spiro atoms. The second kappa shape index (κ2) is 4.41. The van der Waals surface area contributed by atoms with E-state index >= 15 is 0 Å². The average molecular weight is 228 g/mol. The summed E-state index contributed by atoms with van der Waals surface area (Å²) in [6.07, 6.45) is 0. The van der Waals surface area contributed by atoms with Crippen LogP contribution in [0.2, 0.25) is 0 Å². The van der Waals surface area contributed by atoms with Crippen LogP contribution in [-0.4, -0.2) is 20.1 Å². The van der Waals surface area contributed by atoms with Crippen molar-refractivity contribution in [1.82, 2.24) is 0 Å². The number of benzene rings is 1. The zero-order valence-electron chi connectivity index (χ0n) is 8.01. The van der Waals surface area contributed by atoms with E-state index in [1.165, 1.54) is 12.1 Å². The van der Waals surface area contributed by atoms with Crippen LogP contribution in [0, 0.1) is 0 Å². The molecule has 0 aromatic heterocycles. The molecule has 0 aliphatic rings. The summed E-state index contributed by atoms with van der Waals surface area (Å²) >= 11 is 0. The third kappa shape index (κ3) is 3.03. The molecule has 0 aliphatic heterocycles. The van der Waals surface area contributed by atoms with Crippen LogP contribution in [0.25, 0.3) is 0 Å². The second-order valence-electron chi connectivity index (χ2n) is 3.07. The monoisotopic (exact) mass is 228 g/mol. The summed E-state index contributed by atoms with van der Waals surface area (Å²) in [7, 11) is -3.60. The molecule has 1 rings (SSSR count). The first-order chi connectivity index (χ1) is 6.95. The number of rotatable bonds is 4. The van der Waals surface area contributed by atoms with Gasteiger partial charge in [-0.2, -0.15) is 0 Å². The molecule has 0 unspecified atom stereocenters. The van der Waals surface area contributed by atoms with Gasteiger partial charge in [0.2, 0.25) is 5.91 Å². The lowest BCUT2D eigenvalue weighted by atomic mass is 10.2. The van der Waals surface area contributed by atoms with E-state index in [2.05, 4.69) is 0 Å². The van der Waals surface area contributed by atoms with Gasteiger partial charge in [-0.3, -0.25) is 4.79 Å². The first kappa shape index (κ1) is 11.7. The van der Waals surface area contributed by atoms with E-state index in [0.717, 1.165) is 5.56 Å². The highest BCUT2D eigenvalue weighted by Crippen LogP contribution is 2.11. The summed E-state index contributed by atoms with van der Waals surface area (Å²) in [5, 5.41) is 0. The van der Waals surface area contributed by atoms with Crippen LogP contribution in [0.3, 0.4) is 0 Å². The summed E-state index contributed by atoms with van der Waals surface area (Å²) in [6.45, 7) is 0.343. The van der Waals surface area contributed by atoms with Crippen LogP contribution in [0.1, 0.15) is 5.56 Å². The lowest BCUT2D eigenvalue weighted by Crippen LogP contribution is -2.23. The number of primary amides is 1. The Morgan fingerprint density at radius 2 is 1.73 bits per heavy atom. The minimum Gasteiger partial charge on any atom is -0.369 e. The maximum atomic E-state index is 11.5. The highest BCUT2D eigenvalue weighted by Gasteiger charge is 2.16. The average Bonchev–Trinajstić information content (AvgIpc) is 2.16. The first-order valence-electron chi connectivity index (χ1n) is 4.26. The molecule has 0 saturated heterocycles. The fourth-order valence-electron chi connectivity index (χ4n) is 1.10. The van der Waals surface area contributed by atoms with Gasteiger partial charge in [0, 0.05) is 6.54 Å². The largest absolute Gasteiger partial charge is 0.369 e. The predicted molar refractivity (Wildman–Crippen MR) is 55.6 cm³/mol. The molecule has 0 heterocycles. The molecular formula is C9H12N2O3S. The van der Waals surface area contributed by atoms with Gasteiger partial charge in [0.05, 0.1) is 4.90 Å². The molecule has 0 bridgehead atoms. The fraction of sp³-hybridized carbons (Fsp3) is 0.222. The van der Waals surface area contributed by atoms with Crippen LogP contribution < -0.4 is 11.5 Å². The van der Waals surface area contributed by atoms with Gasteiger partial charge in [0.25, 0.3) is 0 Å². The molecule has 0 saturated carbocycles. The van der Waals surface area contributed by atoms with Gasteiger partial charge < -0.3 is 11.5 Å². The highest BCUT2D eigenvalue weighted by molar-refractivity contribution is 7.92. The summed E-state index contributed by atoms with van der Waals surface area (Å²) in [5.41, 5.74) is 11.0. The Hall–Kier alpha value is -1.40. The molecule has 6 heteroatoms. The topological polar surface area (TPSA) is 103 Å². The zero-order chi connectivity index (χ0) is 11.5. The number of hydrogen-bond acceptors (Lipinski definition) is 4. The number of carbonyl (C=O) groups is 1. The molecule has 82 valence electrons. The standard InChI is InChI=1S/C9H12N2O3S/c10-5-7-1-3-8(4-2-7)15(13,14)6-9(11)12/h1-4H,5-6,10H2,(H2,11,12). The van der Waals surface area contributed by atoms with Crippen molar-refractivity contribution in [1.29, 1.82) is 0 Å². The van der Waals surface area contributed by atoms with E-state index in [1.54, 1.807) is 12.1 Å². The molecule has 0 fully saturated rings. The number of amides is 1. The maximum Gasteiger partial charge on any atom is 0.233 e. The van der Waals surface area contributed by atoms with Crippen molar-refractivity contribution < 1.29 is 13.2 Å². The molecule has 0 radical (unpaired) electrons. The number of hydrogen-bond donors (Lipinski definition) is 2. The highest BCUT2D eigenvalue weighted by atomic mass is 32.2. The predicted octanol–water partition coefficient (Wildman–Crippen LogP) is -0.596. The first-order valence-corrected chi connectivity index (χ1v) is 5.91. The third-order valence-electron chi connectivity index (χ3n) is 1.85. The summed E-state index contributed by atoms with van der Waals surface area (Å²) in [6, 6.07) is 6.04. The van der Waals surface area contributed by atoms with Crippen LogP contribution in [0.4, 0.5) is 0 Å². The van der Waals surface area contributed by atoms with E-state index in [4.69, 9.17) is 11.5 Å². The summed E-state index contributed by atoms with van der Waals surface area (Å²) in [5.74, 6) is -1.53. The molecule has 15 heavy (non-hydrogen) atoms. The van der Waals surface area contributed by atoms with Gasteiger partial charge in [-0.15, -0.1) is 0 Å². The second-order valence-corrected chi connectivity index (χ2v) is 5.06. The van der Waals surface area contributed by atoms with Crippen LogP contribution >= 0.6 is 0 Å². The van der Waals surface area contributed by atoms with Crippen molar-refractivity contribution in [3.63, 3.8) is 0 Å². The minimum atomic E-state index is -3.60. The Kier molecular flexibility index (Phi) is 3.43.